The molecular formula is C23H33NO2. The standard InChI is InChI=1S/C23H33NO2/c1-5-17-23(6-2,19-13-11-18(4)12-14-19)21(25)16-15-20-9-8-10-22(26)24(20)7-3/h11-14,16,21,25H,5-10,17H2,1-4H3. The molecule has 2 atom stereocenters. The van der Waals surface area contributed by atoms with Crippen LogP contribution in [0.1, 0.15) is 70.4 Å². The van der Waals surface area contributed by atoms with Crippen LogP contribution in [-0.2, 0) is 10.2 Å². The van der Waals surface area contributed by atoms with Gasteiger partial charge >= 0.3 is 0 Å². The average molecular weight is 356 g/mol. The lowest BCUT2D eigenvalue weighted by Gasteiger charge is -2.36. The van der Waals surface area contributed by atoms with Crippen LogP contribution >= 0.6 is 0 Å². The topological polar surface area (TPSA) is 40.5 Å². The molecule has 1 saturated heterocycles. The van der Waals surface area contributed by atoms with Gasteiger partial charge in [0, 0.05) is 18.4 Å². The summed E-state index contributed by atoms with van der Waals surface area (Å²) in [4.78, 5) is 13.9. The van der Waals surface area contributed by atoms with Crippen molar-refractivity contribution in [1.82, 2.24) is 4.90 Å². The van der Waals surface area contributed by atoms with Crippen LogP contribution in [0.15, 0.2) is 41.8 Å². The first-order valence-electron chi connectivity index (χ1n) is 9.99. The number of aliphatic hydroxyl groups excluding tert-OH is 1. The van der Waals surface area contributed by atoms with Crippen LogP contribution in [-0.4, -0.2) is 28.6 Å². The number of carbonyl (C=O) groups excluding carboxylic acids is 1. The molecule has 2 unspecified atom stereocenters. The molecule has 26 heavy (non-hydrogen) atoms. The second-order valence-corrected chi connectivity index (χ2v) is 7.32. The fourth-order valence-corrected chi connectivity index (χ4v) is 4.06. The van der Waals surface area contributed by atoms with E-state index >= 15 is 0 Å². The van der Waals surface area contributed by atoms with Crippen molar-refractivity contribution in [2.45, 2.75) is 77.7 Å². The third kappa shape index (κ3) is 4.28. The lowest BCUT2D eigenvalue weighted by atomic mass is 9.70. The van der Waals surface area contributed by atoms with Gasteiger partial charge in [-0.3, -0.25) is 4.79 Å². The summed E-state index contributed by atoms with van der Waals surface area (Å²) in [5, 5.41) is 11.1. The van der Waals surface area contributed by atoms with Crippen LogP contribution in [0.3, 0.4) is 0 Å². The molecule has 1 aromatic rings. The molecule has 0 aromatic heterocycles. The molecule has 0 saturated carbocycles. The Labute approximate surface area is 158 Å². The second-order valence-electron chi connectivity index (χ2n) is 7.32. The average Bonchev–Trinajstić information content (AvgIpc) is 2.65. The van der Waals surface area contributed by atoms with E-state index in [1.165, 1.54) is 11.1 Å². The fourth-order valence-electron chi connectivity index (χ4n) is 4.06. The molecule has 1 N–H and O–H groups in total. The van der Waals surface area contributed by atoms with Gasteiger partial charge in [-0.1, -0.05) is 50.1 Å². The molecule has 1 aliphatic heterocycles. The molecule has 1 fully saturated rings. The van der Waals surface area contributed by atoms with Gasteiger partial charge in [-0.25, -0.2) is 0 Å². The summed E-state index contributed by atoms with van der Waals surface area (Å²) in [6.45, 7) is 9.03. The number of benzene rings is 1. The number of rotatable bonds is 7. The maximum Gasteiger partial charge on any atom is 0.227 e. The number of amides is 1. The Balaban J connectivity index is 2.40. The van der Waals surface area contributed by atoms with E-state index in [2.05, 4.69) is 50.8 Å². The van der Waals surface area contributed by atoms with E-state index in [-0.39, 0.29) is 11.3 Å². The van der Waals surface area contributed by atoms with E-state index in [4.69, 9.17) is 0 Å². The number of hydrogen-bond acceptors (Lipinski definition) is 2. The Morgan fingerprint density at radius 2 is 1.92 bits per heavy atom. The van der Waals surface area contributed by atoms with Crippen LogP contribution < -0.4 is 0 Å². The number of carbonyl (C=O) groups is 1. The number of aryl methyl sites for hydroxylation is 1. The Morgan fingerprint density at radius 3 is 2.50 bits per heavy atom. The Hall–Kier alpha value is -1.83. The van der Waals surface area contributed by atoms with Crippen LogP contribution in [0.25, 0.3) is 0 Å². The van der Waals surface area contributed by atoms with Gasteiger partial charge in [0.25, 0.3) is 0 Å². The summed E-state index contributed by atoms with van der Waals surface area (Å²) in [5.41, 5.74) is 6.28. The molecular weight excluding hydrogens is 322 g/mol. The summed E-state index contributed by atoms with van der Waals surface area (Å²) < 4.78 is 0. The SMILES string of the molecule is CCCC(CC)(c1ccc(C)cc1)C(O)C=C=C1CCCC(=O)N1CC. The molecule has 1 aliphatic rings. The molecule has 0 spiro atoms. The first-order valence-corrected chi connectivity index (χ1v) is 9.99. The van der Waals surface area contributed by atoms with Crippen molar-refractivity contribution in [2.24, 2.45) is 0 Å². The third-order valence-electron chi connectivity index (χ3n) is 5.67. The van der Waals surface area contributed by atoms with Crippen molar-refractivity contribution in [3.05, 3.63) is 52.9 Å². The summed E-state index contributed by atoms with van der Waals surface area (Å²) in [7, 11) is 0. The van der Waals surface area contributed by atoms with Gasteiger partial charge in [-0.15, -0.1) is 5.73 Å². The van der Waals surface area contributed by atoms with Crippen molar-refractivity contribution in [1.29, 1.82) is 0 Å². The lowest BCUT2D eigenvalue weighted by Crippen LogP contribution is -2.38. The molecule has 3 heteroatoms. The molecule has 1 aromatic carbocycles. The van der Waals surface area contributed by atoms with Crippen molar-refractivity contribution < 1.29 is 9.90 Å². The highest BCUT2D eigenvalue weighted by Crippen LogP contribution is 2.37. The van der Waals surface area contributed by atoms with E-state index in [0.717, 1.165) is 37.8 Å². The van der Waals surface area contributed by atoms with Crippen LogP contribution in [0.5, 0.6) is 0 Å². The van der Waals surface area contributed by atoms with Gasteiger partial charge in [0.1, 0.15) is 0 Å². The monoisotopic (exact) mass is 355 g/mol. The van der Waals surface area contributed by atoms with Crippen LogP contribution in [0.4, 0.5) is 0 Å². The van der Waals surface area contributed by atoms with E-state index in [0.29, 0.717) is 13.0 Å². The molecule has 142 valence electrons. The molecule has 0 aliphatic carbocycles. The highest BCUT2D eigenvalue weighted by atomic mass is 16.3. The maximum atomic E-state index is 12.1. The summed E-state index contributed by atoms with van der Waals surface area (Å²) in [6.07, 6.45) is 6.26. The normalized spacial score (nSPS) is 18.3. The Bertz CT molecular complexity index is 670. The van der Waals surface area contributed by atoms with Crippen molar-refractivity contribution >= 4 is 5.91 Å². The minimum absolute atomic E-state index is 0.165. The molecule has 3 nitrogen and oxygen atoms in total. The number of piperidine rings is 1. The van der Waals surface area contributed by atoms with Gasteiger partial charge in [0.2, 0.25) is 5.91 Å². The van der Waals surface area contributed by atoms with E-state index in [1.54, 1.807) is 11.0 Å². The van der Waals surface area contributed by atoms with Gasteiger partial charge in [0.15, 0.2) is 0 Å². The van der Waals surface area contributed by atoms with E-state index in [9.17, 15) is 9.90 Å². The molecule has 2 rings (SSSR count). The van der Waals surface area contributed by atoms with Crippen molar-refractivity contribution in [3.63, 3.8) is 0 Å². The Kier molecular flexibility index (Phi) is 7.25. The van der Waals surface area contributed by atoms with Crippen molar-refractivity contribution in [3.8, 4) is 0 Å². The molecule has 0 bridgehead atoms. The zero-order valence-electron chi connectivity index (χ0n) is 16.7. The number of hydrogen-bond donors (Lipinski definition) is 1. The number of likely N-dealkylation sites (tertiary alicyclic amines) is 1. The number of nitrogens with zero attached hydrogens (tertiary/aromatic N) is 1. The predicted molar refractivity (Wildman–Crippen MR) is 107 cm³/mol. The molecule has 1 heterocycles. The summed E-state index contributed by atoms with van der Waals surface area (Å²) in [5.74, 6) is 0.165. The minimum Gasteiger partial charge on any atom is -0.387 e. The zero-order chi connectivity index (χ0) is 19.2. The zero-order valence-corrected chi connectivity index (χ0v) is 16.7. The first kappa shape index (κ1) is 20.5. The van der Waals surface area contributed by atoms with E-state index < -0.39 is 6.10 Å². The van der Waals surface area contributed by atoms with Crippen molar-refractivity contribution in [2.75, 3.05) is 6.54 Å². The van der Waals surface area contributed by atoms with Gasteiger partial charge in [-0.2, -0.15) is 0 Å². The molecule has 0 radical (unpaired) electrons. The van der Waals surface area contributed by atoms with E-state index in [1.807, 2.05) is 6.92 Å². The smallest absolute Gasteiger partial charge is 0.227 e. The quantitative estimate of drug-likeness (QED) is 0.709. The first-order chi connectivity index (χ1) is 12.5. The number of aliphatic hydroxyl groups is 1. The predicted octanol–water partition coefficient (Wildman–Crippen LogP) is 4.88. The highest BCUT2D eigenvalue weighted by molar-refractivity contribution is 5.79. The third-order valence-corrected chi connectivity index (χ3v) is 5.67. The highest BCUT2D eigenvalue weighted by Gasteiger charge is 2.36. The minimum atomic E-state index is -0.626. The second kappa shape index (κ2) is 9.21. The maximum absolute atomic E-state index is 12.1. The summed E-state index contributed by atoms with van der Waals surface area (Å²) >= 11 is 0. The lowest BCUT2D eigenvalue weighted by molar-refractivity contribution is -0.130. The van der Waals surface area contributed by atoms with Crippen LogP contribution in [0, 0.1) is 6.92 Å². The largest absolute Gasteiger partial charge is 0.387 e. The van der Waals surface area contributed by atoms with Gasteiger partial charge < -0.3 is 10.0 Å². The Morgan fingerprint density at radius 1 is 1.23 bits per heavy atom. The van der Waals surface area contributed by atoms with Gasteiger partial charge in [0.05, 0.1) is 11.8 Å². The van der Waals surface area contributed by atoms with Gasteiger partial charge in [-0.05, 0) is 51.2 Å². The fraction of sp³-hybridized carbons (Fsp3) is 0.565. The van der Waals surface area contributed by atoms with Crippen LogP contribution in [0.2, 0.25) is 0 Å². The summed E-state index contributed by atoms with van der Waals surface area (Å²) in [6, 6.07) is 8.51. The molecule has 1 amide bonds.